The van der Waals surface area contributed by atoms with E-state index in [1.165, 1.54) is 0 Å². The van der Waals surface area contributed by atoms with E-state index in [2.05, 4.69) is 30.3 Å². The average Bonchev–Trinajstić information content (AvgIpc) is 3.70. The maximum atomic E-state index is 12.5. The number of benzene rings is 2. The number of sulfonamides is 1. The molecule has 0 unspecified atom stereocenters. The normalized spacial score (nSPS) is 13.2. The van der Waals surface area contributed by atoms with Gasteiger partial charge in [0.2, 0.25) is 16.0 Å². The number of hydrogen-bond donors (Lipinski definition) is 3. The van der Waals surface area contributed by atoms with E-state index in [4.69, 9.17) is 4.74 Å². The van der Waals surface area contributed by atoms with Gasteiger partial charge in [0.1, 0.15) is 18.2 Å². The van der Waals surface area contributed by atoms with Crippen LogP contribution in [0.1, 0.15) is 24.0 Å². The van der Waals surface area contributed by atoms with E-state index in [-0.39, 0.29) is 10.9 Å². The van der Waals surface area contributed by atoms with Crippen molar-refractivity contribution in [2.75, 3.05) is 10.6 Å². The smallest absolute Gasteiger partial charge is 0.240 e. The molecule has 1 saturated carbocycles. The summed E-state index contributed by atoms with van der Waals surface area (Å²) in [5.74, 6) is 1.73. The van der Waals surface area contributed by atoms with Gasteiger partial charge < -0.3 is 15.4 Å². The highest BCUT2D eigenvalue weighted by Crippen LogP contribution is 2.25. The van der Waals surface area contributed by atoms with Gasteiger partial charge in [0, 0.05) is 47.1 Å². The number of nitrogens with zero attached hydrogens (tertiary/aromatic N) is 3. The van der Waals surface area contributed by atoms with Crippen LogP contribution in [0.25, 0.3) is 0 Å². The van der Waals surface area contributed by atoms with Crippen LogP contribution in [0.15, 0.2) is 84.1 Å². The predicted octanol–water partition coefficient (Wildman–Crippen LogP) is 4.69. The molecule has 0 amide bonds. The first-order valence-corrected chi connectivity index (χ1v) is 13.0. The summed E-state index contributed by atoms with van der Waals surface area (Å²) in [4.78, 5) is 13.2. The number of rotatable bonds is 10. The fourth-order valence-electron chi connectivity index (χ4n) is 3.41. The van der Waals surface area contributed by atoms with Gasteiger partial charge in [-0.25, -0.2) is 18.1 Å². The van der Waals surface area contributed by atoms with Crippen LogP contribution in [-0.4, -0.2) is 29.4 Å². The molecule has 2 aromatic heterocycles. The minimum Gasteiger partial charge on any atom is -0.489 e. The number of aryl methyl sites for hydroxylation is 1. The van der Waals surface area contributed by atoms with Gasteiger partial charge in [-0.3, -0.25) is 4.98 Å². The Kier molecular flexibility index (Phi) is 6.79. The van der Waals surface area contributed by atoms with Crippen LogP contribution in [0, 0.1) is 6.92 Å². The highest BCUT2D eigenvalue weighted by Gasteiger charge is 2.28. The first-order valence-electron chi connectivity index (χ1n) is 11.6. The van der Waals surface area contributed by atoms with Crippen LogP contribution in [0.4, 0.5) is 23.1 Å². The third-order valence-electron chi connectivity index (χ3n) is 5.52. The second-order valence-corrected chi connectivity index (χ2v) is 10.3. The molecule has 3 N–H and O–H groups in total. The summed E-state index contributed by atoms with van der Waals surface area (Å²) in [6.07, 6.45) is 6.98. The molecule has 36 heavy (non-hydrogen) atoms. The van der Waals surface area contributed by atoms with Gasteiger partial charge in [0.15, 0.2) is 0 Å². The zero-order chi connectivity index (χ0) is 25.0. The minimum absolute atomic E-state index is 0.0440. The molecule has 2 aromatic carbocycles. The number of aromatic nitrogens is 3. The monoisotopic (exact) mass is 502 g/mol. The Hall–Kier alpha value is -4.02. The van der Waals surface area contributed by atoms with Crippen molar-refractivity contribution >= 4 is 33.2 Å². The van der Waals surface area contributed by atoms with Crippen LogP contribution >= 0.6 is 0 Å². The number of anilines is 4. The summed E-state index contributed by atoms with van der Waals surface area (Å²) in [6, 6.07) is 18.1. The van der Waals surface area contributed by atoms with E-state index in [9.17, 15) is 8.42 Å². The molecule has 1 aliphatic rings. The van der Waals surface area contributed by atoms with Crippen LogP contribution in [-0.2, 0) is 16.6 Å². The zero-order valence-electron chi connectivity index (χ0n) is 19.7. The van der Waals surface area contributed by atoms with Crippen molar-refractivity contribution < 1.29 is 13.2 Å². The van der Waals surface area contributed by atoms with Gasteiger partial charge in [-0.15, -0.1) is 0 Å². The summed E-state index contributed by atoms with van der Waals surface area (Å²) < 4.78 is 33.6. The first kappa shape index (κ1) is 23.7. The van der Waals surface area contributed by atoms with Gasteiger partial charge in [-0.05, 0) is 68.3 Å². The summed E-state index contributed by atoms with van der Waals surface area (Å²) in [7, 11) is -3.55. The summed E-state index contributed by atoms with van der Waals surface area (Å²) in [5.41, 5.74) is 3.29. The summed E-state index contributed by atoms with van der Waals surface area (Å²) in [5, 5.41) is 6.40. The van der Waals surface area contributed by atoms with Gasteiger partial charge in [-0.2, -0.15) is 4.98 Å². The fraction of sp³-hybridized carbons (Fsp3) is 0.192. The Morgan fingerprint density at radius 3 is 2.56 bits per heavy atom. The first-order chi connectivity index (χ1) is 17.4. The molecule has 10 heteroatoms. The maximum Gasteiger partial charge on any atom is 0.240 e. The molecule has 184 valence electrons. The van der Waals surface area contributed by atoms with Crippen LogP contribution < -0.4 is 20.1 Å². The van der Waals surface area contributed by atoms with Crippen molar-refractivity contribution in [1.29, 1.82) is 0 Å². The molecule has 9 nitrogen and oxygen atoms in total. The summed E-state index contributed by atoms with van der Waals surface area (Å²) >= 11 is 0. The molecule has 0 atom stereocenters. The molecule has 1 fully saturated rings. The van der Waals surface area contributed by atoms with Gasteiger partial charge in [-0.1, -0.05) is 12.1 Å². The lowest BCUT2D eigenvalue weighted by atomic mass is 10.2. The van der Waals surface area contributed by atoms with Crippen LogP contribution in [0.2, 0.25) is 0 Å². The topological polar surface area (TPSA) is 118 Å². The Labute approximate surface area is 210 Å². The van der Waals surface area contributed by atoms with Crippen molar-refractivity contribution in [2.24, 2.45) is 0 Å². The van der Waals surface area contributed by atoms with Gasteiger partial charge >= 0.3 is 0 Å². The second kappa shape index (κ2) is 10.3. The Morgan fingerprint density at radius 1 is 0.972 bits per heavy atom. The Bertz CT molecular complexity index is 1440. The number of pyridine rings is 1. The number of nitrogens with one attached hydrogen (secondary N) is 3. The highest BCUT2D eigenvalue weighted by molar-refractivity contribution is 7.89. The SMILES string of the molecule is Cc1cnc(Nc2cccc(S(=O)(=O)NC3CC3)c2)nc1Nc1ccc(OCc2cccnc2)cc1. The second-order valence-electron chi connectivity index (χ2n) is 8.57. The van der Waals surface area contributed by atoms with Crippen molar-refractivity contribution in [3.63, 3.8) is 0 Å². The van der Waals surface area contributed by atoms with Crippen molar-refractivity contribution in [1.82, 2.24) is 19.7 Å². The fourth-order valence-corrected chi connectivity index (χ4v) is 4.76. The lowest BCUT2D eigenvalue weighted by molar-refractivity contribution is 0.306. The van der Waals surface area contributed by atoms with Gasteiger partial charge in [0.05, 0.1) is 4.90 Å². The van der Waals surface area contributed by atoms with Crippen molar-refractivity contribution in [3.05, 3.63) is 90.4 Å². The molecule has 0 bridgehead atoms. The van der Waals surface area contributed by atoms with E-state index < -0.39 is 10.0 Å². The maximum absolute atomic E-state index is 12.5. The molecule has 0 radical (unpaired) electrons. The molecule has 0 saturated heterocycles. The lowest BCUT2D eigenvalue weighted by Gasteiger charge is -2.12. The lowest BCUT2D eigenvalue weighted by Crippen LogP contribution is -2.25. The zero-order valence-corrected chi connectivity index (χ0v) is 20.5. The van der Waals surface area contributed by atoms with E-state index in [0.29, 0.717) is 24.1 Å². The largest absolute Gasteiger partial charge is 0.489 e. The molecular formula is C26H26N6O3S. The van der Waals surface area contributed by atoms with E-state index >= 15 is 0 Å². The van der Waals surface area contributed by atoms with Crippen molar-refractivity contribution in [3.8, 4) is 5.75 Å². The molecule has 0 aliphatic heterocycles. The van der Waals surface area contributed by atoms with E-state index in [0.717, 1.165) is 35.4 Å². The van der Waals surface area contributed by atoms with E-state index in [1.54, 1.807) is 42.9 Å². The van der Waals surface area contributed by atoms with Crippen LogP contribution in [0.3, 0.4) is 0 Å². The standard InChI is InChI=1S/C26H26N6O3S/c1-18-15-28-26(30-22-5-2-6-24(14-22)36(33,34)32-21-7-8-21)31-25(18)29-20-9-11-23(12-10-20)35-17-19-4-3-13-27-16-19/h2-6,9-16,21,32H,7-8,17H2,1H3,(H2,28,29,30,31). The minimum atomic E-state index is -3.55. The number of hydrogen-bond acceptors (Lipinski definition) is 8. The molecule has 0 spiro atoms. The predicted molar refractivity (Wildman–Crippen MR) is 138 cm³/mol. The summed E-state index contributed by atoms with van der Waals surface area (Å²) in [6.45, 7) is 2.36. The Balaban J connectivity index is 1.25. The van der Waals surface area contributed by atoms with Crippen LogP contribution in [0.5, 0.6) is 5.75 Å². The Morgan fingerprint density at radius 2 is 1.81 bits per heavy atom. The third-order valence-corrected chi connectivity index (χ3v) is 7.03. The average molecular weight is 503 g/mol. The molecule has 1 aliphatic carbocycles. The molecular weight excluding hydrogens is 476 g/mol. The highest BCUT2D eigenvalue weighted by atomic mass is 32.2. The van der Waals surface area contributed by atoms with Gasteiger partial charge in [0.25, 0.3) is 0 Å². The number of ether oxygens (including phenoxy) is 1. The molecule has 2 heterocycles. The van der Waals surface area contributed by atoms with Crippen molar-refractivity contribution in [2.45, 2.75) is 37.3 Å². The third kappa shape index (κ3) is 6.15. The quantitative estimate of drug-likeness (QED) is 0.286. The molecule has 5 rings (SSSR count). The molecule has 4 aromatic rings. The van der Waals surface area contributed by atoms with E-state index in [1.807, 2.05) is 43.3 Å².